The van der Waals surface area contributed by atoms with Crippen LogP contribution in [-0.2, 0) is 0 Å². The summed E-state index contributed by atoms with van der Waals surface area (Å²) in [6.45, 7) is 0. The lowest BCUT2D eigenvalue weighted by molar-refractivity contribution is 0.0930. The zero-order valence-electron chi connectivity index (χ0n) is 13.7. The first kappa shape index (κ1) is 16.2. The number of amides is 2. The van der Waals surface area contributed by atoms with Crippen molar-refractivity contribution in [2.45, 2.75) is 37.8 Å². The molecule has 6 nitrogen and oxygen atoms in total. The van der Waals surface area contributed by atoms with Crippen LogP contribution in [0.15, 0.2) is 36.1 Å². The topological polar surface area (TPSA) is 84.0 Å². The molecular formula is C18H20N4O2S. The summed E-state index contributed by atoms with van der Waals surface area (Å²) in [5.74, 6) is 1.02. The molecule has 2 saturated carbocycles. The average molecular weight is 356 g/mol. The van der Waals surface area contributed by atoms with E-state index in [9.17, 15) is 9.59 Å². The number of rotatable bonds is 4. The minimum Gasteiger partial charge on any atom is -0.349 e. The molecule has 2 heterocycles. The molecule has 7 heteroatoms. The molecule has 2 aliphatic rings. The van der Waals surface area contributed by atoms with Gasteiger partial charge in [-0.15, -0.1) is 11.3 Å². The van der Waals surface area contributed by atoms with Gasteiger partial charge in [-0.25, -0.2) is 4.98 Å². The molecule has 0 spiro atoms. The molecule has 4 atom stereocenters. The van der Waals surface area contributed by atoms with Gasteiger partial charge in [0.2, 0.25) is 0 Å². The fourth-order valence-electron chi connectivity index (χ4n) is 4.19. The lowest BCUT2D eigenvalue weighted by Gasteiger charge is -2.17. The fourth-order valence-corrected chi connectivity index (χ4v) is 4.82. The van der Waals surface area contributed by atoms with E-state index in [0.29, 0.717) is 17.5 Å². The van der Waals surface area contributed by atoms with Gasteiger partial charge in [-0.05, 0) is 49.0 Å². The Morgan fingerprint density at radius 1 is 1.00 bits per heavy atom. The van der Waals surface area contributed by atoms with Gasteiger partial charge in [-0.2, -0.15) is 0 Å². The number of nitrogens with zero attached hydrogens (tertiary/aromatic N) is 2. The van der Waals surface area contributed by atoms with Gasteiger partial charge in [0.15, 0.2) is 0 Å². The highest BCUT2D eigenvalue weighted by molar-refractivity contribution is 7.12. The number of nitrogens with one attached hydrogen (secondary N) is 2. The van der Waals surface area contributed by atoms with Crippen LogP contribution in [0.2, 0.25) is 0 Å². The molecule has 0 radical (unpaired) electrons. The van der Waals surface area contributed by atoms with Crippen LogP contribution in [0.5, 0.6) is 0 Å². The third-order valence-corrected chi connectivity index (χ3v) is 6.10. The second-order valence-electron chi connectivity index (χ2n) is 6.87. The van der Waals surface area contributed by atoms with Crippen LogP contribution in [0, 0.1) is 11.8 Å². The number of aromatic nitrogens is 2. The Bertz CT molecular complexity index is 736. The molecule has 0 bridgehead atoms. The maximum Gasteiger partial charge on any atom is 0.271 e. The number of hydrogen-bond acceptors (Lipinski definition) is 5. The number of thiophene rings is 1. The Hall–Kier alpha value is -2.28. The van der Waals surface area contributed by atoms with Crippen molar-refractivity contribution < 1.29 is 9.59 Å². The molecule has 2 fully saturated rings. The van der Waals surface area contributed by atoms with Crippen molar-refractivity contribution in [1.29, 1.82) is 0 Å². The van der Waals surface area contributed by atoms with E-state index in [4.69, 9.17) is 0 Å². The molecule has 2 aromatic rings. The molecule has 2 amide bonds. The number of hydrogen-bond donors (Lipinski definition) is 2. The summed E-state index contributed by atoms with van der Waals surface area (Å²) in [5.41, 5.74) is 0.362. The summed E-state index contributed by atoms with van der Waals surface area (Å²) < 4.78 is 0. The highest BCUT2D eigenvalue weighted by Gasteiger charge is 2.42. The lowest BCUT2D eigenvalue weighted by Crippen LogP contribution is -2.36. The van der Waals surface area contributed by atoms with Gasteiger partial charge in [0, 0.05) is 24.5 Å². The van der Waals surface area contributed by atoms with Crippen molar-refractivity contribution in [3.8, 4) is 0 Å². The Labute approximate surface area is 150 Å². The molecule has 0 aliphatic heterocycles. The lowest BCUT2D eigenvalue weighted by atomic mass is 10.0. The van der Waals surface area contributed by atoms with Crippen LogP contribution in [0.1, 0.15) is 45.8 Å². The minimum absolute atomic E-state index is 0.0347. The van der Waals surface area contributed by atoms with E-state index in [-0.39, 0.29) is 23.9 Å². The second-order valence-corrected chi connectivity index (χ2v) is 7.82. The minimum atomic E-state index is -0.152. The molecule has 25 heavy (non-hydrogen) atoms. The van der Waals surface area contributed by atoms with Crippen molar-refractivity contribution in [2.24, 2.45) is 11.8 Å². The number of carbonyl (C=O) groups is 2. The monoisotopic (exact) mass is 356 g/mol. The molecule has 130 valence electrons. The van der Waals surface area contributed by atoms with E-state index in [1.54, 1.807) is 6.20 Å². The van der Waals surface area contributed by atoms with Crippen LogP contribution in [0.25, 0.3) is 0 Å². The standard InChI is InChI=1S/C18H20N4O2S/c23-17(15-10-19-3-4-20-15)21-13-6-11-8-14(9-12(11)7-13)22-18(24)16-2-1-5-25-16/h1-5,10-14H,6-9H2,(H,21,23)(H,22,24)/t11-,12+,13?,14?. The average Bonchev–Trinajstić information content (AvgIpc) is 3.32. The third-order valence-electron chi connectivity index (χ3n) is 5.23. The van der Waals surface area contributed by atoms with E-state index >= 15 is 0 Å². The maximum atomic E-state index is 12.2. The molecule has 4 rings (SSSR count). The zero-order valence-corrected chi connectivity index (χ0v) is 14.5. The predicted octanol–water partition coefficient (Wildman–Crippen LogP) is 2.26. The van der Waals surface area contributed by atoms with E-state index in [1.807, 2.05) is 17.5 Å². The fraction of sp³-hybridized carbons (Fsp3) is 0.444. The normalized spacial score (nSPS) is 27.7. The van der Waals surface area contributed by atoms with Crippen LogP contribution in [0.3, 0.4) is 0 Å². The van der Waals surface area contributed by atoms with Crippen LogP contribution >= 0.6 is 11.3 Å². The van der Waals surface area contributed by atoms with Crippen molar-refractivity contribution in [2.75, 3.05) is 0 Å². The number of fused-ring (bicyclic) bond motifs is 1. The third kappa shape index (κ3) is 3.56. The Morgan fingerprint density at radius 3 is 2.24 bits per heavy atom. The van der Waals surface area contributed by atoms with Gasteiger partial charge in [-0.1, -0.05) is 6.07 Å². The van der Waals surface area contributed by atoms with Gasteiger partial charge < -0.3 is 10.6 Å². The molecule has 0 saturated heterocycles. The highest BCUT2D eigenvalue weighted by Crippen LogP contribution is 2.44. The Balaban J connectivity index is 1.28. The van der Waals surface area contributed by atoms with Crippen molar-refractivity contribution >= 4 is 23.2 Å². The SMILES string of the molecule is O=C(NC1C[C@@H]2CC(NC(=O)c3cccs3)C[C@@H]2C1)c1cnccn1. The second kappa shape index (κ2) is 6.92. The zero-order chi connectivity index (χ0) is 17.2. The molecule has 2 N–H and O–H groups in total. The summed E-state index contributed by atoms with van der Waals surface area (Å²) in [4.78, 5) is 33.1. The van der Waals surface area contributed by atoms with Crippen molar-refractivity contribution in [3.05, 3.63) is 46.7 Å². The molecular weight excluding hydrogens is 336 g/mol. The Morgan fingerprint density at radius 2 is 1.68 bits per heavy atom. The van der Waals surface area contributed by atoms with Gasteiger partial charge in [-0.3, -0.25) is 14.6 Å². The van der Waals surface area contributed by atoms with Crippen molar-refractivity contribution in [1.82, 2.24) is 20.6 Å². The van der Waals surface area contributed by atoms with Gasteiger partial charge in [0.1, 0.15) is 5.69 Å². The Kier molecular flexibility index (Phi) is 4.48. The van der Waals surface area contributed by atoms with Crippen LogP contribution in [0.4, 0.5) is 0 Å². The smallest absolute Gasteiger partial charge is 0.271 e. The van der Waals surface area contributed by atoms with Gasteiger partial charge in [0.05, 0.1) is 11.1 Å². The summed E-state index contributed by atoms with van der Waals surface area (Å²) >= 11 is 1.47. The first-order valence-electron chi connectivity index (χ1n) is 8.60. The van der Waals surface area contributed by atoms with Crippen LogP contribution in [-0.4, -0.2) is 33.9 Å². The molecule has 0 aromatic carbocycles. The highest BCUT2D eigenvalue weighted by atomic mass is 32.1. The molecule has 2 unspecified atom stereocenters. The van der Waals surface area contributed by atoms with Crippen LogP contribution < -0.4 is 10.6 Å². The summed E-state index contributed by atoms with van der Waals surface area (Å²) in [6.07, 6.45) is 8.52. The predicted molar refractivity (Wildman–Crippen MR) is 94.3 cm³/mol. The first-order chi connectivity index (χ1) is 12.2. The first-order valence-corrected chi connectivity index (χ1v) is 9.48. The maximum absolute atomic E-state index is 12.2. The summed E-state index contributed by atoms with van der Waals surface area (Å²) in [7, 11) is 0. The summed E-state index contributed by atoms with van der Waals surface area (Å²) in [6, 6.07) is 4.20. The van der Waals surface area contributed by atoms with Gasteiger partial charge >= 0.3 is 0 Å². The van der Waals surface area contributed by atoms with E-state index in [1.165, 1.54) is 23.7 Å². The number of carbonyl (C=O) groups excluding carboxylic acids is 2. The van der Waals surface area contributed by atoms with Gasteiger partial charge in [0.25, 0.3) is 11.8 Å². The van der Waals surface area contributed by atoms with Crippen molar-refractivity contribution in [3.63, 3.8) is 0 Å². The van der Waals surface area contributed by atoms with E-state index < -0.39 is 0 Å². The molecule has 2 aliphatic carbocycles. The largest absolute Gasteiger partial charge is 0.349 e. The van der Waals surface area contributed by atoms with E-state index in [2.05, 4.69) is 20.6 Å². The quantitative estimate of drug-likeness (QED) is 0.880. The van der Waals surface area contributed by atoms with E-state index in [0.717, 1.165) is 30.6 Å². The molecule has 2 aromatic heterocycles. The summed E-state index contributed by atoms with van der Waals surface area (Å²) in [5, 5.41) is 8.15.